The molecule has 0 aromatic rings. The number of amides is 1. The van der Waals surface area contributed by atoms with E-state index in [1.165, 1.54) is 321 Å². The first-order valence-electron chi connectivity index (χ1n) is 36.0. The maximum atomic E-state index is 13.1. The molecule has 0 aliphatic rings. The SMILES string of the molecule is CCCCCCCCCC/C=C\CCCCCCCCCCCCCCCCCCCCCCCCCCCC(=O)NC(COP(=O)([O-])OCC[N+](C)(C)C)C(O)CCCCCCCCCCCCCCCCCCCCCCC. The van der Waals surface area contributed by atoms with Gasteiger partial charge in [0.1, 0.15) is 13.2 Å². The minimum Gasteiger partial charge on any atom is -0.756 e. The highest BCUT2D eigenvalue weighted by atomic mass is 31.2. The van der Waals surface area contributed by atoms with Gasteiger partial charge in [-0.05, 0) is 38.5 Å². The first-order chi connectivity index (χ1) is 39.0. The number of hydrogen-bond acceptors (Lipinski definition) is 6. The van der Waals surface area contributed by atoms with Crippen molar-refractivity contribution in [1.29, 1.82) is 0 Å². The van der Waals surface area contributed by atoms with Crippen molar-refractivity contribution in [2.45, 2.75) is 398 Å². The molecule has 478 valence electrons. The van der Waals surface area contributed by atoms with Crippen LogP contribution in [0.25, 0.3) is 0 Å². The van der Waals surface area contributed by atoms with E-state index in [2.05, 4.69) is 31.3 Å². The highest BCUT2D eigenvalue weighted by Crippen LogP contribution is 2.38. The molecule has 3 unspecified atom stereocenters. The van der Waals surface area contributed by atoms with Crippen LogP contribution in [0.5, 0.6) is 0 Å². The Bertz CT molecular complexity index is 1310. The van der Waals surface area contributed by atoms with Gasteiger partial charge in [0.2, 0.25) is 5.91 Å². The molecule has 1 amide bonds. The van der Waals surface area contributed by atoms with Crippen LogP contribution in [0.4, 0.5) is 0 Å². The summed E-state index contributed by atoms with van der Waals surface area (Å²) in [5.74, 6) is -0.154. The third-order valence-electron chi connectivity index (χ3n) is 17.0. The molecule has 0 aliphatic heterocycles. The Balaban J connectivity index is 3.90. The molecule has 3 atom stereocenters. The number of phosphoric ester groups is 1. The zero-order valence-electron chi connectivity index (χ0n) is 54.8. The topological polar surface area (TPSA) is 108 Å². The van der Waals surface area contributed by atoms with Crippen LogP contribution in [-0.4, -0.2) is 68.5 Å². The molecule has 0 fully saturated rings. The lowest BCUT2D eigenvalue weighted by atomic mass is 10.0. The van der Waals surface area contributed by atoms with Crippen LogP contribution in [0.3, 0.4) is 0 Å². The van der Waals surface area contributed by atoms with Gasteiger partial charge in [-0.2, -0.15) is 0 Å². The van der Waals surface area contributed by atoms with Crippen LogP contribution in [0.2, 0.25) is 0 Å². The largest absolute Gasteiger partial charge is 0.756 e. The number of aliphatic hydroxyl groups excluding tert-OH is 1. The third kappa shape index (κ3) is 64.8. The van der Waals surface area contributed by atoms with Gasteiger partial charge in [0.15, 0.2) is 0 Å². The van der Waals surface area contributed by atoms with Crippen molar-refractivity contribution in [1.82, 2.24) is 5.32 Å². The summed E-state index contributed by atoms with van der Waals surface area (Å²) in [5.41, 5.74) is 0. The fraction of sp³-hybridized carbons (Fsp3) is 0.958. The van der Waals surface area contributed by atoms with E-state index in [-0.39, 0.29) is 19.1 Å². The standard InChI is InChI=1S/C71H143N2O6P/c1-6-8-10-12-14-16-18-20-22-24-26-28-29-30-31-32-33-34-35-36-37-38-39-40-41-42-43-45-47-49-51-53-55-57-59-61-63-65-71(75)72-69(68-79-80(76,77)78-67-66-73(3,4)5)70(74)64-62-60-58-56-54-52-50-48-46-44-27-25-23-21-19-17-15-13-11-9-7-2/h24,26,69-70,74H,6-23,25,27-68H2,1-5H3,(H-,72,75,76,77)/b26-24-. The molecule has 9 heteroatoms. The molecule has 0 spiro atoms. The Hall–Kier alpha value is -0.760. The van der Waals surface area contributed by atoms with Crippen LogP contribution >= 0.6 is 7.82 Å². The van der Waals surface area contributed by atoms with Crippen LogP contribution in [-0.2, 0) is 18.4 Å². The van der Waals surface area contributed by atoms with Crippen LogP contribution in [0.1, 0.15) is 386 Å². The Kier molecular flexibility index (Phi) is 62.2. The number of aliphatic hydroxyl groups is 1. The van der Waals surface area contributed by atoms with Crippen LogP contribution in [0, 0.1) is 0 Å². The van der Waals surface area contributed by atoms with Crippen molar-refractivity contribution in [2.75, 3.05) is 40.9 Å². The molecular formula is C71H143N2O6P. The molecule has 0 bridgehead atoms. The summed E-state index contributed by atoms with van der Waals surface area (Å²) in [7, 11) is 1.33. The van der Waals surface area contributed by atoms with Gasteiger partial charge in [0, 0.05) is 6.42 Å². The molecule has 2 N–H and O–H groups in total. The summed E-state index contributed by atoms with van der Waals surface area (Å²) in [6.45, 7) is 4.79. The summed E-state index contributed by atoms with van der Waals surface area (Å²) < 4.78 is 23.5. The van der Waals surface area contributed by atoms with E-state index in [1.54, 1.807) is 0 Å². The van der Waals surface area contributed by atoms with Crippen molar-refractivity contribution in [3.63, 3.8) is 0 Å². The number of hydrogen-bond donors (Lipinski definition) is 2. The summed E-state index contributed by atoms with van der Waals surface area (Å²) in [4.78, 5) is 25.7. The number of allylic oxidation sites excluding steroid dienone is 2. The van der Waals surface area contributed by atoms with Crippen molar-refractivity contribution in [3.05, 3.63) is 12.2 Å². The van der Waals surface area contributed by atoms with Gasteiger partial charge in [0.05, 0.1) is 39.9 Å². The molecule has 0 heterocycles. The van der Waals surface area contributed by atoms with Gasteiger partial charge < -0.3 is 28.8 Å². The Morgan fingerprint density at radius 2 is 0.688 bits per heavy atom. The van der Waals surface area contributed by atoms with E-state index in [4.69, 9.17) is 9.05 Å². The first-order valence-corrected chi connectivity index (χ1v) is 37.5. The Morgan fingerprint density at radius 3 is 0.975 bits per heavy atom. The number of quaternary nitrogens is 1. The molecule has 0 aliphatic carbocycles. The van der Waals surface area contributed by atoms with Crippen LogP contribution in [0.15, 0.2) is 12.2 Å². The maximum Gasteiger partial charge on any atom is 0.268 e. The van der Waals surface area contributed by atoms with E-state index < -0.39 is 20.0 Å². The molecule has 0 radical (unpaired) electrons. The number of carbonyl (C=O) groups excluding carboxylic acids is 1. The van der Waals surface area contributed by atoms with Crippen molar-refractivity contribution in [3.8, 4) is 0 Å². The van der Waals surface area contributed by atoms with E-state index in [9.17, 15) is 19.4 Å². The van der Waals surface area contributed by atoms with Gasteiger partial charge in [-0.1, -0.05) is 353 Å². The summed E-state index contributed by atoms with van der Waals surface area (Å²) in [6.07, 6.45) is 80.2. The molecule has 0 saturated carbocycles. The van der Waals surface area contributed by atoms with Gasteiger partial charge in [-0.3, -0.25) is 9.36 Å². The lowest BCUT2D eigenvalue weighted by molar-refractivity contribution is -0.870. The predicted molar refractivity (Wildman–Crippen MR) is 349 cm³/mol. The molecule has 0 saturated heterocycles. The summed E-state index contributed by atoms with van der Waals surface area (Å²) in [6, 6.07) is -0.798. The van der Waals surface area contributed by atoms with Gasteiger partial charge in [0.25, 0.3) is 7.82 Å². The Labute approximate surface area is 501 Å². The minimum absolute atomic E-state index is 0.0162. The van der Waals surface area contributed by atoms with E-state index in [0.29, 0.717) is 23.9 Å². The number of rotatable bonds is 68. The zero-order valence-corrected chi connectivity index (χ0v) is 55.7. The monoisotopic (exact) mass is 1150 g/mol. The van der Waals surface area contributed by atoms with E-state index in [1.807, 2.05) is 21.1 Å². The lowest BCUT2D eigenvalue weighted by Gasteiger charge is -2.30. The molecule has 0 aromatic heterocycles. The minimum atomic E-state index is -4.58. The molecule has 80 heavy (non-hydrogen) atoms. The molecular weight excluding hydrogens is 1010 g/mol. The fourth-order valence-corrected chi connectivity index (χ4v) is 12.1. The smallest absolute Gasteiger partial charge is 0.268 e. The van der Waals surface area contributed by atoms with Gasteiger partial charge in [-0.15, -0.1) is 0 Å². The van der Waals surface area contributed by atoms with E-state index in [0.717, 1.165) is 38.5 Å². The van der Waals surface area contributed by atoms with Crippen molar-refractivity contribution in [2.24, 2.45) is 0 Å². The lowest BCUT2D eigenvalue weighted by Crippen LogP contribution is -2.46. The molecule has 0 rings (SSSR count). The third-order valence-corrected chi connectivity index (χ3v) is 18.0. The van der Waals surface area contributed by atoms with Gasteiger partial charge in [-0.25, -0.2) is 0 Å². The van der Waals surface area contributed by atoms with Gasteiger partial charge >= 0.3 is 0 Å². The first kappa shape index (κ1) is 79.2. The average molecular weight is 1150 g/mol. The van der Waals surface area contributed by atoms with E-state index >= 15 is 0 Å². The second kappa shape index (κ2) is 62.8. The van der Waals surface area contributed by atoms with Crippen molar-refractivity contribution < 1.29 is 32.9 Å². The second-order valence-corrected chi connectivity index (χ2v) is 27.7. The maximum absolute atomic E-state index is 13.1. The Morgan fingerprint density at radius 1 is 0.425 bits per heavy atom. The zero-order chi connectivity index (χ0) is 58.4. The number of nitrogens with one attached hydrogen (secondary N) is 1. The average Bonchev–Trinajstić information content (AvgIpc) is 3.42. The highest BCUT2D eigenvalue weighted by molar-refractivity contribution is 7.45. The van der Waals surface area contributed by atoms with Crippen LogP contribution < -0.4 is 10.2 Å². The molecule has 8 nitrogen and oxygen atoms in total. The summed E-state index contributed by atoms with van der Waals surface area (Å²) >= 11 is 0. The number of phosphoric acid groups is 1. The number of likely N-dealkylation sites (N-methyl/N-ethyl adjacent to an activating group) is 1. The molecule has 0 aromatic carbocycles. The fourth-order valence-electron chi connectivity index (χ4n) is 11.4. The predicted octanol–water partition coefficient (Wildman–Crippen LogP) is 22.3. The normalized spacial score (nSPS) is 13.6. The second-order valence-electron chi connectivity index (χ2n) is 26.3. The number of carbonyl (C=O) groups is 1. The summed E-state index contributed by atoms with van der Waals surface area (Å²) in [5, 5.41) is 14.1. The van der Waals surface area contributed by atoms with Crippen molar-refractivity contribution >= 4 is 13.7 Å². The number of nitrogens with zero attached hydrogens (tertiary/aromatic N) is 1. The highest BCUT2D eigenvalue weighted by Gasteiger charge is 2.24. The quantitative estimate of drug-likeness (QED) is 0.0272. The number of unbranched alkanes of at least 4 members (excludes halogenated alkanes) is 53.